The van der Waals surface area contributed by atoms with Gasteiger partial charge in [-0.15, -0.1) is 0 Å². The molecule has 0 aliphatic rings. The van der Waals surface area contributed by atoms with Crippen LogP contribution in [-0.2, 0) is 13.1 Å². The van der Waals surface area contributed by atoms with Crippen molar-refractivity contribution in [1.82, 2.24) is 4.90 Å². The lowest BCUT2D eigenvalue weighted by atomic mass is 10.1. The molecule has 0 amide bonds. The van der Waals surface area contributed by atoms with Gasteiger partial charge < -0.3 is 5.73 Å². The summed E-state index contributed by atoms with van der Waals surface area (Å²) >= 11 is 0. The largest absolute Gasteiger partial charge is 0.398 e. The van der Waals surface area contributed by atoms with Gasteiger partial charge in [-0.05, 0) is 37.1 Å². The molecule has 0 bridgehead atoms. The van der Waals surface area contributed by atoms with E-state index in [0.29, 0.717) is 0 Å². The first-order chi connectivity index (χ1) is 9.69. The van der Waals surface area contributed by atoms with E-state index in [1.165, 1.54) is 16.7 Å². The number of aryl methyl sites for hydroxylation is 1. The second-order valence-electron chi connectivity index (χ2n) is 5.40. The molecule has 0 atom stereocenters. The molecule has 0 saturated carbocycles. The van der Waals surface area contributed by atoms with Crippen molar-refractivity contribution >= 4 is 5.69 Å². The maximum absolute atomic E-state index is 6.06. The molecule has 106 valence electrons. The molecule has 0 spiro atoms. The maximum atomic E-state index is 6.06. The van der Waals surface area contributed by atoms with Gasteiger partial charge in [0.1, 0.15) is 0 Å². The quantitative estimate of drug-likeness (QED) is 0.803. The summed E-state index contributed by atoms with van der Waals surface area (Å²) in [6, 6.07) is 16.9. The fraction of sp³-hybridized carbons (Fsp3) is 0.333. The predicted molar refractivity (Wildman–Crippen MR) is 86.4 cm³/mol. The highest BCUT2D eigenvalue weighted by atomic mass is 15.1. The number of rotatable bonds is 6. The monoisotopic (exact) mass is 268 g/mol. The van der Waals surface area contributed by atoms with Crippen molar-refractivity contribution < 1.29 is 0 Å². The van der Waals surface area contributed by atoms with Crippen LogP contribution in [0, 0.1) is 6.92 Å². The maximum Gasteiger partial charge on any atom is 0.0359 e. The first-order valence-corrected chi connectivity index (χ1v) is 7.30. The standard InChI is InChI=1S/C18H24N2/c1-3-11-20(13-16-8-6-7-15(2)12-16)14-17-9-4-5-10-18(17)19/h4-10,12H,3,11,13-14,19H2,1-2H3. The van der Waals surface area contributed by atoms with E-state index in [9.17, 15) is 0 Å². The lowest BCUT2D eigenvalue weighted by Crippen LogP contribution is -2.24. The summed E-state index contributed by atoms with van der Waals surface area (Å²) in [6.45, 7) is 7.33. The van der Waals surface area contributed by atoms with Crippen LogP contribution in [-0.4, -0.2) is 11.4 Å². The summed E-state index contributed by atoms with van der Waals surface area (Å²) in [4.78, 5) is 2.46. The fourth-order valence-corrected chi connectivity index (χ4v) is 2.52. The van der Waals surface area contributed by atoms with Gasteiger partial charge in [0, 0.05) is 18.8 Å². The molecule has 2 heteroatoms. The number of nitrogens with two attached hydrogens (primary N) is 1. The molecule has 2 N–H and O–H groups in total. The zero-order valence-electron chi connectivity index (χ0n) is 12.5. The minimum Gasteiger partial charge on any atom is -0.398 e. The Kier molecular flexibility index (Phi) is 5.19. The van der Waals surface area contributed by atoms with E-state index in [4.69, 9.17) is 5.73 Å². The number of para-hydroxylation sites is 1. The second kappa shape index (κ2) is 7.11. The molecule has 2 nitrogen and oxygen atoms in total. The van der Waals surface area contributed by atoms with Gasteiger partial charge in [0.2, 0.25) is 0 Å². The van der Waals surface area contributed by atoms with E-state index >= 15 is 0 Å². The molecule has 0 radical (unpaired) electrons. The van der Waals surface area contributed by atoms with Gasteiger partial charge >= 0.3 is 0 Å². The first kappa shape index (κ1) is 14.6. The highest BCUT2D eigenvalue weighted by Crippen LogP contribution is 2.16. The molecular weight excluding hydrogens is 244 g/mol. The van der Waals surface area contributed by atoms with E-state index in [0.717, 1.165) is 31.7 Å². The van der Waals surface area contributed by atoms with Crippen LogP contribution in [0.4, 0.5) is 5.69 Å². The van der Waals surface area contributed by atoms with Gasteiger partial charge in [-0.1, -0.05) is 55.0 Å². The minimum atomic E-state index is 0.887. The van der Waals surface area contributed by atoms with Gasteiger partial charge in [-0.25, -0.2) is 0 Å². The molecule has 2 rings (SSSR count). The van der Waals surface area contributed by atoms with Crippen LogP contribution in [0.15, 0.2) is 48.5 Å². The zero-order valence-corrected chi connectivity index (χ0v) is 12.5. The summed E-state index contributed by atoms with van der Waals surface area (Å²) in [6.07, 6.45) is 1.15. The molecule has 0 aliphatic carbocycles. The zero-order chi connectivity index (χ0) is 14.4. The molecular formula is C18H24N2. The van der Waals surface area contributed by atoms with Gasteiger partial charge in [0.25, 0.3) is 0 Å². The molecule has 2 aromatic rings. The van der Waals surface area contributed by atoms with Crippen LogP contribution >= 0.6 is 0 Å². The van der Waals surface area contributed by atoms with Gasteiger partial charge in [-0.3, -0.25) is 4.90 Å². The van der Waals surface area contributed by atoms with Crippen LogP contribution in [0.2, 0.25) is 0 Å². The Bertz CT molecular complexity index is 549. The van der Waals surface area contributed by atoms with Crippen molar-refractivity contribution in [2.45, 2.75) is 33.4 Å². The van der Waals surface area contributed by atoms with Crippen molar-refractivity contribution in [3.05, 3.63) is 65.2 Å². The Morgan fingerprint density at radius 3 is 2.50 bits per heavy atom. The van der Waals surface area contributed by atoms with Gasteiger partial charge in [0.15, 0.2) is 0 Å². The van der Waals surface area contributed by atoms with Crippen molar-refractivity contribution in [2.75, 3.05) is 12.3 Å². The third-order valence-electron chi connectivity index (χ3n) is 3.48. The van der Waals surface area contributed by atoms with Crippen LogP contribution in [0.5, 0.6) is 0 Å². The average Bonchev–Trinajstić information content (AvgIpc) is 2.42. The Morgan fingerprint density at radius 2 is 1.80 bits per heavy atom. The summed E-state index contributed by atoms with van der Waals surface area (Å²) in [5.41, 5.74) is 10.8. The van der Waals surface area contributed by atoms with Crippen LogP contribution < -0.4 is 5.73 Å². The van der Waals surface area contributed by atoms with Crippen LogP contribution in [0.1, 0.15) is 30.0 Å². The smallest absolute Gasteiger partial charge is 0.0359 e. The average molecular weight is 268 g/mol. The molecule has 2 aromatic carbocycles. The number of nitrogen functional groups attached to an aromatic ring is 1. The normalized spacial score (nSPS) is 10.9. The van der Waals surface area contributed by atoms with Gasteiger partial charge in [0.05, 0.1) is 0 Å². The Labute approximate surface area is 122 Å². The molecule has 0 heterocycles. The lowest BCUT2D eigenvalue weighted by molar-refractivity contribution is 0.257. The molecule has 0 unspecified atom stereocenters. The van der Waals surface area contributed by atoms with Crippen LogP contribution in [0.25, 0.3) is 0 Å². The van der Waals surface area contributed by atoms with Crippen LogP contribution in [0.3, 0.4) is 0 Å². The SMILES string of the molecule is CCCN(Cc1cccc(C)c1)Cc1ccccc1N. The number of nitrogens with zero attached hydrogens (tertiary/aromatic N) is 1. The Balaban J connectivity index is 2.09. The van der Waals surface area contributed by atoms with E-state index in [1.807, 2.05) is 12.1 Å². The molecule has 0 fully saturated rings. The molecule has 0 aromatic heterocycles. The lowest BCUT2D eigenvalue weighted by Gasteiger charge is -2.23. The number of hydrogen-bond donors (Lipinski definition) is 1. The Hall–Kier alpha value is -1.80. The summed E-state index contributed by atoms with van der Waals surface area (Å²) in [5.74, 6) is 0. The van der Waals surface area contributed by atoms with E-state index in [-0.39, 0.29) is 0 Å². The molecule has 0 saturated heterocycles. The Morgan fingerprint density at radius 1 is 1.00 bits per heavy atom. The van der Waals surface area contributed by atoms with E-state index < -0.39 is 0 Å². The minimum absolute atomic E-state index is 0.887. The van der Waals surface area contributed by atoms with E-state index in [2.05, 4.69) is 55.1 Å². The van der Waals surface area contributed by atoms with Crippen molar-refractivity contribution in [3.8, 4) is 0 Å². The molecule has 20 heavy (non-hydrogen) atoms. The summed E-state index contributed by atoms with van der Waals surface area (Å²) in [5, 5.41) is 0. The highest BCUT2D eigenvalue weighted by Gasteiger charge is 2.08. The number of hydrogen-bond acceptors (Lipinski definition) is 2. The van der Waals surface area contributed by atoms with E-state index in [1.54, 1.807) is 0 Å². The topological polar surface area (TPSA) is 29.3 Å². The predicted octanol–water partition coefficient (Wildman–Crippen LogP) is 3.99. The highest BCUT2D eigenvalue weighted by molar-refractivity contribution is 5.46. The third kappa shape index (κ3) is 4.10. The van der Waals surface area contributed by atoms with Crippen molar-refractivity contribution in [2.24, 2.45) is 0 Å². The third-order valence-corrected chi connectivity index (χ3v) is 3.48. The fourth-order valence-electron chi connectivity index (χ4n) is 2.52. The second-order valence-corrected chi connectivity index (χ2v) is 5.40. The number of anilines is 1. The van der Waals surface area contributed by atoms with Crippen molar-refractivity contribution in [1.29, 1.82) is 0 Å². The van der Waals surface area contributed by atoms with Gasteiger partial charge in [-0.2, -0.15) is 0 Å². The number of benzene rings is 2. The molecule has 0 aliphatic heterocycles. The van der Waals surface area contributed by atoms with Crippen molar-refractivity contribution in [3.63, 3.8) is 0 Å². The summed E-state index contributed by atoms with van der Waals surface area (Å²) < 4.78 is 0. The first-order valence-electron chi connectivity index (χ1n) is 7.30. The summed E-state index contributed by atoms with van der Waals surface area (Å²) in [7, 11) is 0.